The molecule has 0 bridgehead atoms. The van der Waals surface area contributed by atoms with E-state index in [0.29, 0.717) is 5.95 Å². The predicted octanol–water partition coefficient (Wildman–Crippen LogP) is 11.5. The molecule has 0 radical (unpaired) electrons. The second kappa shape index (κ2) is 9.36. The summed E-state index contributed by atoms with van der Waals surface area (Å²) >= 11 is 1.82. The predicted molar refractivity (Wildman–Crippen MR) is 188 cm³/mol. The minimum absolute atomic E-state index is 0.612. The minimum Gasteiger partial charge on any atom is -0.453 e. The molecule has 2 aromatic heterocycles. The van der Waals surface area contributed by atoms with E-state index in [1.54, 1.807) is 0 Å². The van der Waals surface area contributed by atoms with E-state index >= 15 is 0 Å². The number of para-hydroxylation sites is 4. The van der Waals surface area contributed by atoms with E-state index in [1.165, 1.54) is 41.7 Å². The zero-order valence-corrected chi connectivity index (χ0v) is 24.8. The molecule has 10 rings (SSSR count). The van der Waals surface area contributed by atoms with E-state index in [4.69, 9.17) is 14.7 Å². The van der Waals surface area contributed by atoms with Crippen LogP contribution in [0.3, 0.4) is 0 Å². The second-order valence-electron chi connectivity index (χ2n) is 11.4. The summed E-state index contributed by atoms with van der Waals surface area (Å²) in [6.45, 7) is 0. The first-order valence-corrected chi connectivity index (χ1v) is 15.8. The van der Waals surface area contributed by atoms with Gasteiger partial charge in [0.15, 0.2) is 11.5 Å². The first kappa shape index (κ1) is 24.6. The summed E-state index contributed by atoms with van der Waals surface area (Å²) in [6, 6.07) is 48.9. The summed E-state index contributed by atoms with van der Waals surface area (Å²) in [5.74, 6) is 2.16. The highest BCUT2D eigenvalue weighted by atomic mass is 32.1. The summed E-state index contributed by atoms with van der Waals surface area (Å²) in [7, 11) is 0. The van der Waals surface area contributed by atoms with Crippen molar-refractivity contribution >= 4 is 81.3 Å². The van der Waals surface area contributed by atoms with E-state index in [2.05, 4.69) is 108 Å². The third-order valence-corrected chi connectivity index (χ3v) is 9.93. The molecule has 7 aromatic carbocycles. The lowest BCUT2D eigenvalue weighted by Crippen LogP contribution is -2.18. The fourth-order valence-corrected chi connectivity index (χ4v) is 7.84. The van der Waals surface area contributed by atoms with Crippen molar-refractivity contribution in [1.29, 1.82) is 0 Å². The Labute approximate surface area is 262 Å². The van der Waals surface area contributed by atoms with E-state index < -0.39 is 0 Å². The first-order valence-electron chi connectivity index (χ1n) is 15.0. The monoisotopic (exact) mass is 593 g/mol. The molecule has 1 aliphatic rings. The Morgan fingerprint density at radius 2 is 1.16 bits per heavy atom. The zero-order chi connectivity index (χ0) is 29.5. The number of aromatic nitrogens is 2. The molecule has 0 saturated carbocycles. The van der Waals surface area contributed by atoms with Gasteiger partial charge in [0.25, 0.3) is 0 Å². The Kier molecular flexibility index (Phi) is 5.12. The van der Waals surface area contributed by atoms with Crippen LogP contribution in [0.1, 0.15) is 0 Å². The Balaban J connectivity index is 1.34. The van der Waals surface area contributed by atoms with Gasteiger partial charge >= 0.3 is 0 Å². The maximum absolute atomic E-state index is 6.34. The number of fused-ring (bicyclic) bond motifs is 9. The van der Waals surface area contributed by atoms with Crippen LogP contribution in [0, 0.1) is 0 Å². The fourth-order valence-electron chi connectivity index (χ4n) is 6.70. The van der Waals surface area contributed by atoms with Crippen LogP contribution in [0.15, 0.2) is 140 Å². The van der Waals surface area contributed by atoms with E-state index in [1.807, 2.05) is 47.7 Å². The van der Waals surface area contributed by atoms with Crippen LogP contribution in [0.2, 0.25) is 0 Å². The zero-order valence-electron chi connectivity index (χ0n) is 23.9. The van der Waals surface area contributed by atoms with Gasteiger partial charge in [-0.15, -0.1) is 11.3 Å². The van der Waals surface area contributed by atoms with E-state index in [0.717, 1.165) is 45.0 Å². The van der Waals surface area contributed by atoms with Crippen LogP contribution in [0.4, 0.5) is 17.3 Å². The molecule has 9 aromatic rings. The highest BCUT2D eigenvalue weighted by molar-refractivity contribution is 7.26. The highest BCUT2D eigenvalue weighted by Crippen LogP contribution is 2.50. The van der Waals surface area contributed by atoms with Gasteiger partial charge in [0.2, 0.25) is 5.95 Å². The maximum atomic E-state index is 6.34. The van der Waals surface area contributed by atoms with Crippen LogP contribution in [-0.2, 0) is 0 Å². The summed E-state index contributed by atoms with van der Waals surface area (Å²) in [5, 5.41) is 8.27. The minimum atomic E-state index is 0.612. The van der Waals surface area contributed by atoms with Crippen molar-refractivity contribution in [3.63, 3.8) is 0 Å². The number of rotatable bonds is 2. The molecule has 0 fully saturated rings. The lowest BCUT2D eigenvalue weighted by Gasteiger charge is -2.31. The molecule has 210 valence electrons. The van der Waals surface area contributed by atoms with Crippen molar-refractivity contribution in [3.8, 4) is 22.8 Å². The molecule has 0 aliphatic carbocycles. The lowest BCUT2D eigenvalue weighted by molar-refractivity contribution is 0.476. The molecule has 0 saturated heterocycles. The number of nitrogens with zero attached hydrogens (tertiary/aromatic N) is 3. The Morgan fingerprint density at radius 3 is 1.91 bits per heavy atom. The molecule has 0 unspecified atom stereocenters. The number of benzene rings is 7. The summed E-state index contributed by atoms with van der Waals surface area (Å²) < 4.78 is 8.81. The third-order valence-electron chi connectivity index (χ3n) is 8.81. The van der Waals surface area contributed by atoms with Gasteiger partial charge in [-0.25, -0.2) is 9.97 Å². The molecule has 1 aliphatic heterocycles. The third kappa shape index (κ3) is 3.71. The molecule has 0 atom stereocenters. The largest absolute Gasteiger partial charge is 0.453 e. The number of hydrogen-bond acceptors (Lipinski definition) is 5. The molecule has 3 heterocycles. The topological polar surface area (TPSA) is 38.2 Å². The lowest BCUT2D eigenvalue weighted by atomic mass is 10.00. The standard InChI is InChI=1S/C40H23N3OS/c1-2-10-25-21-28(18-17-24(25)9-1)38-29-19-20-35-37(30-22-26-11-3-4-12-27(26)23-36(30)45-35)39(29)42-40(41-38)43-31-13-5-7-15-33(31)44-34-16-8-6-14-32(34)43/h1-23H. The smallest absolute Gasteiger partial charge is 0.236 e. The Morgan fingerprint density at radius 1 is 0.511 bits per heavy atom. The molecule has 0 amide bonds. The number of ether oxygens (including phenoxy) is 1. The molecule has 0 spiro atoms. The van der Waals surface area contributed by atoms with Gasteiger partial charge < -0.3 is 4.74 Å². The Hall–Kier alpha value is -5.78. The van der Waals surface area contributed by atoms with Crippen molar-refractivity contribution < 1.29 is 4.74 Å². The highest BCUT2D eigenvalue weighted by Gasteiger charge is 2.28. The fraction of sp³-hybridized carbons (Fsp3) is 0. The van der Waals surface area contributed by atoms with Gasteiger partial charge in [-0.05, 0) is 76.1 Å². The molecular formula is C40H23N3OS. The SMILES string of the molecule is c1ccc2c(c1)Oc1ccccc1N2c1nc(-c2ccc3ccccc3c2)c2ccc3sc4cc5ccccc5cc4c3c2n1. The summed E-state index contributed by atoms with van der Waals surface area (Å²) in [4.78, 5) is 13.0. The van der Waals surface area contributed by atoms with Crippen LogP contribution in [-0.4, -0.2) is 9.97 Å². The van der Waals surface area contributed by atoms with Gasteiger partial charge in [0.05, 0.1) is 22.6 Å². The number of hydrogen-bond donors (Lipinski definition) is 0. The van der Waals surface area contributed by atoms with Crippen LogP contribution >= 0.6 is 11.3 Å². The normalized spacial score (nSPS) is 12.6. The van der Waals surface area contributed by atoms with Crippen molar-refractivity contribution in [1.82, 2.24) is 9.97 Å². The van der Waals surface area contributed by atoms with Gasteiger partial charge in [0, 0.05) is 31.1 Å². The molecular weight excluding hydrogens is 571 g/mol. The van der Waals surface area contributed by atoms with Crippen LogP contribution < -0.4 is 9.64 Å². The van der Waals surface area contributed by atoms with Gasteiger partial charge in [-0.3, -0.25) is 4.90 Å². The maximum Gasteiger partial charge on any atom is 0.236 e. The molecule has 4 nitrogen and oxygen atoms in total. The average molecular weight is 594 g/mol. The van der Waals surface area contributed by atoms with Crippen LogP contribution in [0.25, 0.3) is 63.9 Å². The van der Waals surface area contributed by atoms with Gasteiger partial charge in [-0.2, -0.15) is 0 Å². The van der Waals surface area contributed by atoms with Crippen molar-refractivity contribution in [2.24, 2.45) is 0 Å². The second-order valence-corrected chi connectivity index (χ2v) is 12.5. The van der Waals surface area contributed by atoms with Crippen molar-refractivity contribution in [3.05, 3.63) is 140 Å². The van der Waals surface area contributed by atoms with E-state index in [9.17, 15) is 0 Å². The number of anilines is 3. The first-order chi connectivity index (χ1) is 22.3. The van der Waals surface area contributed by atoms with Crippen molar-refractivity contribution in [2.45, 2.75) is 0 Å². The molecule has 0 N–H and O–H groups in total. The summed E-state index contributed by atoms with van der Waals surface area (Å²) in [5.41, 5.74) is 4.73. The number of thiophene rings is 1. The summed E-state index contributed by atoms with van der Waals surface area (Å²) in [6.07, 6.45) is 0. The van der Waals surface area contributed by atoms with E-state index in [-0.39, 0.29) is 0 Å². The molecule has 5 heteroatoms. The Bertz CT molecular complexity index is 2610. The molecule has 45 heavy (non-hydrogen) atoms. The van der Waals surface area contributed by atoms with Crippen molar-refractivity contribution in [2.75, 3.05) is 4.90 Å². The van der Waals surface area contributed by atoms with Crippen LogP contribution in [0.5, 0.6) is 11.5 Å². The average Bonchev–Trinajstić information content (AvgIpc) is 3.46. The van der Waals surface area contributed by atoms with Gasteiger partial charge in [0.1, 0.15) is 0 Å². The quantitative estimate of drug-likeness (QED) is 0.200. The van der Waals surface area contributed by atoms with Gasteiger partial charge in [-0.1, -0.05) is 84.9 Å².